The van der Waals surface area contributed by atoms with Gasteiger partial charge < -0.3 is 9.47 Å². The normalized spacial score (nSPS) is 11.1. The minimum Gasteiger partial charge on any atom is -0.343 e. The van der Waals surface area contributed by atoms with Crippen LogP contribution in [-0.2, 0) is 11.3 Å². The molecule has 2 heterocycles. The van der Waals surface area contributed by atoms with E-state index >= 15 is 0 Å². The fourth-order valence-electron chi connectivity index (χ4n) is 3.26. The summed E-state index contributed by atoms with van der Waals surface area (Å²) >= 11 is 6.02. The fraction of sp³-hybridized carbons (Fsp3) is 0.381. The molecule has 1 amide bonds. The molecule has 0 radical (unpaired) electrons. The van der Waals surface area contributed by atoms with E-state index in [1.165, 1.54) is 0 Å². The molecule has 142 valence electrons. The molecular weight excluding hydrogens is 360 g/mol. The minimum absolute atomic E-state index is 0.179. The van der Waals surface area contributed by atoms with Crippen LogP contribution in [-0.4, -0.2) is 38.4 Å². The first-order valence-corrected chi connectivity index (χ1v) is 9.86. The standard InChI is InChI=1S/C21H25ClN4O/c1-3-13-25(14-4-2)19(27)11-15-26-20(16-7-9-17(22)10-8-16)24-18-6-5-12-23-21(18)26/h5-10,12H,3-4,11,13-15H2,1-2H3. The van der Waals surface area contributed by atoms with Gasteiger partial charge in [-0.05, 0) is 49.2 Å². The lowest BCUT2D eigenvalue weighted by Gasteiger charge is -2.21. The lowest BCUT2D eigenvalue weighted by Crippen LogP contribution is -2.33. The van der Waals surface area contributed by atoms with Crippen molar-refractivity contribution in [2.45, 2.75) is 39.7 Å². The third-order valence-electron chi connectivity index (χ3n) is 4.50. The monoisotopic (exact) mass is 384 g/mol. The van der Waals surface area contributed by atoms with Crippen LogP contribution >= 0.6 is 11.6 Å². The van der Waals surface area contributed by atoms with Crippen molar-refractivity contribution in [3.05, 3.63) is 47.6 Å². The molecule has 0 aliphatic carbocycles. The Balaban J connectivity index is 1.89. The van der Waals surface area contributed by atoms with E-state index < -0.39 is 0 Å². The molecule has 6 heteroatoms. The van der Waals surface area contributed by atoms with Gasteiger partial charge in [0.2, 0.25) is 5.91 Å². The van der Waals surface area contributed by atoms with Crippen LogP contribution in [0.4, 0.5) is 0 Å². The van der Waals surface area contributed by atoms with Crippen LogP contribution in [0.3, 0.4) is 0 Å². The molecule has 0 unspecified atom stereocenters. The Labute approximate surface area is 165 Å². The number of carbonyl (C=O) groups is 1. The molecule has 0 bridgehead atoms. The number of hydrogen-bond acceptors (Lipinski definition) is 3. The summed E-state index contributed by atoms with van der Waals surface area (Å²) in [4.78, 5) is 23.9. The van der Waals surface area contributed by atoms with Crippen molar-refractivity contribution in [3.63, 3.8) is 0 Å². The summed E-state index contributed by atoms with van der Waals surface area (Å²) in [6.07, 6.45) is 4.13. The van der Waals surface area contributed by atoms with Crippen LogP contribution in [0.5, 0.6) is 0 Å². The van der Waals surface area contributed by atoms with Gasteiger partial charge in [-0.1, -0.05) is 25.4 Å². The quantitative estimate of drug-likeness (QED) is 0.561. The summed E-state index contributed by atoms with van der Waals surface area (Å²) in [5, 5.41) is 0.685. The number of fused-ring (bicyclic) bond motifs is 1. The van der Waals surface area contributed by atoms with Crippen LogP contribution in [0.15, 0.2) is 42.6 Å². The van der Waals surface area contributed by atoms with Gasteiger partial charge in [0.25, 0.3) is 0 Å². The lowest BCUT2D eigenvalue weighted by molar-refractivity contribution is -0.131. The van der Waals surface area contributed by atoms with Crippen molar-refractivity contribution in [1.29, 1.82) is 0 Å². The number of rotatable bonds is 8. The predicted octanol–water partition coefficient (Wildman–Crippen LogP) is 4.79. The highest BCUT2D eigenvalue weighted by Crippen LogP contribution is 2.25. The molecule has 0 N–H and O–H groups in total. The molecule has 0 saturated heterocycles. The summed E-state index contributed by atoms with van der Waals surface area (Å²) in [5.74, 6) is 0.990. The molecule has 5 nitrogen and oxygen atoms in total. The molecule has 0 aliphatic heterocycles. The van der Waals surface area contributed by atoms with Gasteiger partial charge in [-0.15, -0.1) is 0 Å². The lowest BCUT2D eigenvalue weighted by atomic mass is 10.2. The van der Waals surface area contributed by atoms with E-state index in [-0.39, 0.29) is 5.91 Å². The summed E-state index contributed by atoms with van der Waals surface area (Å²) < 4.78 is 2.03. The second-order valence-electron chi connectivity index (χ2n) is 6.57. The van der Waals surface area contributed by atoms with Crippen LogP contribution in [0, 0.1) is 0 Å². The zero-order valence-electron chi connectivity index (χ0n) is 15.9. The number of carbonyl (C=O) groups excluding carboxylic acids is 1. The second kappa shape index (κ2) is 9.00. The van der Waals surface area contributed by atoms with Crippen molar-refractivity contribution in [2.75, 3.05) is 13.1 Å². The van der Waals surface area contributed by atoms with Gasteiger partial charge in [0.1, 0.15) is 11.3 Å². The number of amides is 1. The molecule has 0 fully saturated rings. The highest BCUT2D eigenvalue weighted by atomic mass is 35.5. The topological polar surface area (TPSA) is 51.0 Å². The van der Waals surface area contributed by atoms with E-state index in [2.05, 4.69) is 18.8 Å². The number of aromatic nitrogens is 3. The van der Waals surface area contributed by atoms with Gasteiger partial charge in [0, 0.05) is 42.8 Å². The summed E-state index contributed by atoms with van der Waals surface area (Å²) in [6.45, 7) is 6.36. The van der Waals surface area contributed by atoms with Gasteiger partial charge in [-0.3, -0.25) is 4.79 Å². The molecule has 1 aromatic carbocycles. The molecule has 0 aliphatic rings. The molecule has 3 aromatic rings. The zero-order chi connectivity index (χ0) is 19.2. The third kappa shape index (κ3) is 4.48. The molecule has 27 heavy (non-hydrogen) atoms. The highest BCUT2D eigenvalue weighted by Gasteiger charge is 2.17. The average molecular weight is 385 g/mol. The number of aryl methyl sites for hydroxylation is 1. The summed E-state index contributed by atoms with van der Waals surface area (Å²) in [7, 11) is 0. The van der Waals surface area contributed by atoms with Crippen molar-refractivity contribution in [1.82, 2.24) is 19.4 Å². The molecular formula is C21H25ClN4O. The van der Waals surface area contributed by atoms with Crippen LogP contribution < -0.4 is 0 Å². The van der Waals surface area contributed by atoms with E-state index in [0.29, 0.717) is 18.0 Å². The van der Waals surface area contributed by atoms with Gasteiger partial charge in [0.15, 0.2) is 5.65 Å². The van der Waals surface area contributed by atoms with Crippen LogP contribution in [0.25, 0.3) is 22.6 Å². The Hall–Kier alpha value is -2.40. The van der Waals surface area contributed by atoms with Gasteiger partial charge in [0.05, 0.1) is 0 Å². The van der Waals surface area contributed by atoms with Crippen molar-refractivity contribution >= 4 is 28.7 Å². The van der Waals surface area contributed by atoms with Crippen LogP contribution in [0.2, 0.25) is 5.02 Å². The molecule has 3 rings (SSSR count). The molecule has 0 atom stereocenters. The van der Waals surface area contributed by atoms with E-state index in [9.17, 15) is 4.79 Å². The fourth-order valence-corrected chi connectivity index (χ4v) is 3.38. The Kier molecular flexibility index (Phi) is 6.45. The Morgan fingerprint density at radius 1 is 1.11 bits per heavy atom. The van der Waals surface area contributed by atoms with E-state index in [1.54, 1.807) is 6.20 Å². The van der Waals surface area contributed by atoms with Crippen molar-refractivity contribution in [2.24, 2.45) is 0 Å². The number of pyridine rings is 1. The molecule has 0 saturated carbocycles. The predicted molar refractivity (Wildman–Crippen MR) is 110 cm³/mol. The van der Waals surface area contributed by atoms with Gasteiger partial charge in [-0.25, -0.2) is 9.97 Å². The first-order valence-electron chi connectivity index (χ1n) is 9.49. The van der Waals surface area contributed by atoms with Gasteiger partial charge >= 0.3 is 0 Å². The smallest absolute Gasteiger partial charge is 0.224 e. The zero-order valence-corrected chi connectivity index (χ0v) is 16.6. The maximum Gasteiger partial charge on any atom is 0.224 e. The van der Waals surface area contributed by atoms with E-state index in [4.69, 9.17) is 16.6 Å². The highest BCUT2D eigenvalue weighted by molar-refractivity contribution is 6.30. The Morgan fingerprint density at radius 2 is 1.81 bits per heavy atom. The van der Waals surface area contributed by atoms with Crippen LogP contribution in [0.1, 0.15) is 33.1 Å². The molecule has 0 spiro atoms. The molecule has 2 aromatic heterocycles. The number of nitrogens with zero attached hydrogens (tertiary/aromatic N) is 4. The average Bonchev–Trinajstić information content (AvgIpc) is 3.05. The first-order chi connectivity index (χ1) is 13.1. The maximum absolute atomic E-state index is 12.7. The number of halogens is 1. The summed E-state index contributed by atoms with van der Waals surface area (Å²) in [5.41, 5.74) is 2.59. The number of imidazole rings is 1. The summed E-state index contributed by atoms with van der Waals surface area (Å²) in [6, 6.07) is 11.4. The van der Waals surface area contributed by atoms with Crippen molar-refractivity contribution < 1.29 is 4.79 Å². The number of hydrogen-bond donors (Lipinski definition) is 0. The second-order valence-corrected chi connectivity index (χ2v) is 7.01. The third-order valence-corrected chi connectivity index (χ3v) is 4.75. The Morgan fingerprint density at radius 3 is 2.48 bits per heavy atom. The van der Waals surface area contributed by atoms with Crippen molar-refractivity contribution in [3.8, 4) is 11.4 Å². The maximum atomic E-state index is 12.7. The van der Waals surface area contributed by atoms with E-state index in [0.717, 1.165) is 48.5 Å². The van der Waals surface area contributed by atoms with Gasteiger partial charge in [-0.2, -0.15) is 0 Å². The first kappa shape index (κ1) is 19.4. The SMILES string of the molecule is CCCN(CCC)C(=O)CCn1c(-c2ccc(Cl)cc2)nc2cccnc21. The van der Waals surface area contributed by atoms with E-state index in [1.807, 2.05) is 45.9 Å². The Bertz CT molecular complexity index is 898. The minimum atomic E-state index is 0.179. The number of benzene rings is 1. The largest absolute Gasteiger partial charge is 0.343 e.